The number of hydrogen-bond acceptors (Lipinski definition) is 6. The molecule has 0 aliphatic carbocycles. The molecule has 6 nitrogen and oxygen atoms in total. The van der Waals surface area contributed by atoms with E-state index >= 15 is 0 Å². The molecule has 0 radical (unpaired) electrons. The van der Waals surface area contributed by atoms with Gasteiger partial charge in [-0.2, -0.15) is 0 Å². The molecule has 2 aromatic carbocycles. The third-order valence-corrected chi connectivity index (χ3v) is 6.70. The smallest absolute Gasteiger partial charge is 0.397 e. The van der Waals surface area contributed by atoms with Crippen LogP contribution in [0.5, 0.6) is 11.5 Å². The first-order valence-corrected chi connectivity index (χ1v) is 12.2. The van der Waals surface area contributed by atoms with Crippen LogP contribution in [0.1, 0.15) is 27.7 Å². The summed E-state index contributed by atoms with van der Waals surface area (Å²) in [5.74, 6) is 1.39. The number of hydrogen-bond donors (Lipinski definition) is 0. The summed E-state index contributed by atoms with van der Waals surface area (Å²) in [5.41, 5.74) is 1.80. The average Bonchev–Trinajstić information content (AvgIpc) is 2.72. The zero-order valence-corrected chi connectivity index (χ0v) is 19.6. The number of benzene rings is 2. The van der Waals surface area contributed by atoms with Gasteiger partial charge in [0.05, 0.1) is 26.4 Å². The van der Waals surface area contributed by atoms with E-state index in [1.165, 1.54) is 0 Å². The highest BCUT2D eigenvalue weighted by molar-refractivity contribution is 7.42. The van der Waals surface area contributed by atoms with Crippen molar-refractivity contribution in [2.45, 2.75) is 27.7 Å². The Kier molecular flexibility index (Phi) is 6.64. The van der Waals surface area contributed by atoms with Crippen LogP contribution in [-0.2, 0) is 18.1 Å². The van der Waals surface area contributed by atoms with E-state index in [2.05, 4.69) is 27.7 Å². The molecule has 4 rings (SSSR count). The second-order valence-electron chi connectivity index (χ2n) is 9.04. The highest BCUT2D eigenvalue weighted by Gasteiger charge is 2.33. The van der Waals surface area contributed by atoms with Crippen LogP contribution in [0, 0.1) is 10.8 Å². The molecular weight excluding hydrogens is 422 g/mol. The van der Waals surface area contributed by atoms with Crippen LogP contribution in [0.4, 0.5) is 0 Å². The van der Waals surface area contributed by atoms with Crippen LogP contribution in [-0.4, -0.2) is 26.4 Å². The predicted molar refractivity (Wildman–Crippen MR) is 118 cm³/mol. The van der Waals surface area contributed by atoms with E-state index in [0.29, 0.717) is 37.9 Å². The fraction of sp³-hybridized carbons (Fsp3) is 0.455. The standard InChI is InChI=1S/C22H28O6P2/c1-21(2)13-23-29(24-14-21)27-19-11-7-5-9-17(19)18-10-6-8-12-20(18)28-30-25-15-22(3,4)16-26-30/h5-12H,13-16H2,1-4H3. The Morgan fingerprint density at radius 2 is 0.933 bits per heavy atom. The minimum atomic E-state index is -1.44. The monoisotopic (exact) mass is 450 g/mol. The molecule has 2 aliphatic heterocycles. The van der Waals surface area contributed by atoms with Gasteiger partial charge in [-0.05, 0) is 12.1 Å². The third kappa shape index (κ3) is 5.50. The minimum absolute atomic E-state index is 0.00112. The van der Waals surface area contributed by atoms with Crippen LogP contribution >= 0.6 is 17.2 Å². The lowest BCUT2D eigenvalue weighted by Crippen LogP contribution is -2.29. The molecule has 0 saturated carbocycles. The highest BCUT2D eigenvalue weighted by Crippen LogP contribution is 2.52. The van der Waals surface area contributed by atoms with Gasteiger partial charge in [0, 0.05) is 22.0 Å². The van der Waals surface area contributed by atoms with Crippen LogP contribution in [0.2, 0.25) is 0 Å². The lowest BCUT2D eigenvalue weighted by molar-refractivity contribution is 0.0424. The summed E-state index contributed by atoms with van der Waals surface area (Å²) < 4.78 is 35.5. The molecule has 0 bridgehead atoms. The van der Waals surface area contributed by atoms with Crippen molar-refractivity contribution in [3.05, 3.63) is 48.5 Å². The predicted octanol–water partition coefficient (Wildman–Crippen LogP) is 6.71. The topological polar surface area (TPSA) is 55.4 Å². The van der Waals surface area contributed by atoms with E-state index < -0.39 is 17.2 Å². The van der Waals surface area contributed by atoms with Gasteiger partial charge in [0.25, 0.3) is 0 Å². The first-order valence-electron chi connectivity index (χ1n) is 9.98. The summed E-state index contributed by atoms with van der Waals surface area (Å²) in [4.78, 5) is 0. The van der Waals surface area contributed by atoms with E-state index in [4.69, 9.17) is 27.1 Å². The van der Waals surface area contributed by atoms with Gasteiger partial charge in [0.1, 0.15) is 11.5 Å². The Balaban J connectivity index is 1.52. The first-order chi connectivity index (χ1) is 14.3. The molecule has 8 heteroatoms. The van der Waals surface area contributed by atoms with Crippen molar-refractivity contribution in [1.82, 2.24) is 0 Å². The molecule has 0 spiro atoms. The van der Waals surface area contributed by atoms with E-state index in [9.17, 15) is 0 Å². The maximum absolute atomic E-state index is 6.11. The van der Waals surface area contributed by atoms with Gasteiger partial charge in [-0.15, -0.1) is 0 Å². The van der Waals surface area contributed by atoms with Crippen molar-refractivity contribution in [2.75, 3.05) is 26.4 Å². The molecule has 0 unspecified atom stereocenters. The van der Waals surface area contributed by atoms with Crippen molar-refractivity contribution in [3.63, 3.8) is 0 Å². The van der Waals surface area contributed by atoms with E-state index in [-0.39, 0.29) is 10.8 Å². The summed E-state index contributed by atoms with van der Waals surface area (Å²) in [6, 6.07) is 15.7. The Labute approximate surface area is 180 Å². The second-order valence-corrected chi connectivity index (χ2v) is 11.3. The van der Waals surface area contributed by atoms with Gasteiger partial charge in [-0.25, -0.2) is 0 Å². The molecule has 2 heterocycles. The molecule has 30 heavy (non-hydrogen) atoms. The summed E-state index contributed by atoms with van der Waals surface area (Å²) in [6.45, 7) is 10.9. The molecular formula is C22H28O6P2. The van der Waals surface area contributed by atoms with Crippen LogP contribution in [0.25, 0.3) is 11.1 Å². The van der Waals surface area contributed by atoms with E-state index in [0.717, 1.165) is 11.1 Å². The molecule has 2 saturated heterocycles. The third-order valence-electron chi connectivity index (χ3n) is 4.65. The summed E-state index contributed by atoms with van der Waals surface area (Å²) in [7, 11) is -2.87. The van der Waals surface area contributed by atoms with Crippen molar-refractivity contribution in [1.29, 1.82) is 0 Å². The SMILES string of the molecule is CC1(C)COP(Oc2ccccc2-c2ccccc2OP2OCC(C)(C)CO2)OC1. The molecule has 0 aromatic heterocycles. The fourth-order valence-corrected chi connectivity index (χ4v) is 5.69. The molecule has 0 N–H and O–H groups in total. The molecule has 2 fully saturated rings. The molecule has 2 aliphatic rings. The molecule has 0 amide bonds. The van der Waals surface area contributed by atoms with Crippen molar-refractivity contribution < 1.29 is 27.1 Å². The molecule has 2 aromatic rings. The quantitative estimate of drug-likeness (QED) is 0.472. The largest absolute Gasteiger partial charge is 0.426 e. The van der Waals surface area contributed by atoms with E-state index in [1.807, 2.05) is 48.5 Å². The van der Waals surface area contributed by atoms with Crippen molar-refractivity contribution in [3.8, 4) is 22.6 Å². The van der Waals surface area contributed by atoms with Crippen LogP contribution < -0.4 is 9.05 Å². The Hall–Kier alpha value is -1.26. The van der Waals surface area contributed by atoms with Crippen LogP contribution in [0.15, 0.2) is 48.5 Å². The summed E-state index contributed by atoms with van der Waals surface area (Å²) >= 11 is 0. The molecule has 0 atom stereocenters. The second kappa shape index (κ2) is 9.08. The Morgan fingerprint density at radius 3 is 1.30 bits per heavy atom. The maximum atomic E-state index is 6.11. The van der Waals surface area contributed by atoms with Crippen LogP contribution in [0.3, 0.4) is 0 Å². The normalized spacial score (nSPS) is 21.9. The maximum Gasteiger partial charge on any atom is 0.397 e. The van der Waals surface area contributed by atoms with Gasteiger partial charge in [-0.3, -0.25) is 0 Å². The van der Waals surface area contributed by atoms with E-state index in [1.54, 1.807) is 0 Å². The van der Waals surface area contributed by atoms with Gasteiger partial charge in [-0.1, -0.05) is 64.1 Å². The Bertz CT molecular complexity index is 781. The molecule has 162 valence electrons. The first kappa shape index (κ1) is 22.0. The lowest BCUT2D eigenvalue weighted by atomic mass is 9.97. The Morgan fingerprint density at radius 1 is 0.600 bits per heavy atom. The zero-order valence-electron chi connectivity index (χ0n) is 17.8. The van der Waals surface area contributed by atoms with Crippen molar-refractivity contribution in [2.24, 2.45) is 10.8 Å². The average molecular weight is 450 g/mol. The minimum Gasteiger partial charge on any atom is -0.426 e. The van der Waals surface area contributed by atoms with Gasteiger partial charge >= 0.3 is 17.2 Å². The lowest BCUT2D eigenvalue weighted by Gasteiger charge is -2.33. The highest BCUT2D eigenvalue weighted by atomic mass is 31.2. The zero-order chi connectivity index (χ0) is 21.2. The number of rotatable bonds is 5. The van der Waals surface area contributed by atoms with Gasteiger partial charge in [0.15, 0.2) is 0 Å². The summed E-state index contributed by atoms with van der Waals surface area (Å²) in [5, 5.41) is 0. The van der Waals surface area contributed by atoms with Gasteiger partial charge in [0.2, 0.25) is 0 Å². The van der Waals surface area contributed by atoms with Crippen molar-refractivity contribution >= 4 is 17.2 Å². The van der Waals surface area contributed by atoms with Gasteiger partial charge < -0.3 is 27.1 Å². The number of para-hydroxylation sites is 2. The fourth-order valence-electron chi connectivity index (χ4n) is 2.87. The summed E-state index contributed by atoms with van der Waals surface area (Å²) in [6.07, 6.45) is 0.